The molecular formula is C12H21FN2O. The summed E-state index contributed by atoms with van der Waals surface area (Å²) in [4.78, 5) is 2.38. The summed E-state index contributed by atoms with van der Waals surface area (Å²) in [5.41, 5.74) is 0. The molecule has 1 saturated heterocycles. The van der Waals surface area contributed by atoms with Gasteiger partial charge >= 0.3 is 0 Å². The van der Waals surface area contributed by atoms with E-state index >= 15 is 0 Å². The lowest BCUT2D eigenvalue weighted by Gasteiger charge is -2.40. The van der Waals surface area contributed by atoms with E-state index in [4.69, 9.17) is 4.74 Å². The first-order valence-corrected chi connectivity index (χ1v) is 6.14. The van der Waals surface area contributed by atoms with Crippen LogP contribution in [0.1, 0.15) is 19.3 Å². The third kappa shape index (κ3) is 2.74. The molecule has 2 fully saturated rings. The minimum Gasteiger partial charge on any atom is -0.386 e. The second-order valence-electron chi connectivity index (χ2n) is 4.61. The van der Waals surface area contributed by atoms with Crippen LogP contribution in [0.2, 0.25) is 0 Å². The first-order valence-electron chi connectivity index (χ1n) is 6.14. The highest BCUT2D eigenvalue weighted by molar-refractivity contribution is 4.91. The van der Waals surface area contributed by atoms with Crippen molar-refractivity contribution >= 4 is 0 Å². The molecule has 0 radical (unpaired) electrons. The average Bonchev–Trinajstić information content (AvgIpc) is 2.33. The second-order valence-corrected chi connectivity index (χ2v) is 4.61. The van der Waals surface area contributed by atoms with Gasteiger partial charge in [0.15, 0.2) is 0 Å². The zero-order chi connectivity index (χ0) is 11.4. The van der Waals surface area contributed by atoms with Crippen molar-refractivity contribution < 1.29 is 9.13 Å². The predicted octanol–water partition coefficient (Wildman–Crippen LogP) is 1.31. The number of morpholine rings is 1. The van der Waals surface area contributed by atoms with Gasteiger partial charge in [0.2, 0.25) is 0 Å². The van der Waals surface area contributed by atoms with Gasteiger partial charge in [-0.05, 0) is 25.5 Å². The van der Waals surface area contributed by atoms with Crippen molar-refractivity contribution in [3.05, 3.63) is 12.8 Å². The number of alkyl halides is 1. The molecule has 2 aliphatic rings. The summed E-state index contributed by atoms with van der Waals surface area (Å²) in [5.74, 6) is 0. The smallest absolute Gasteiger partial charge is 0.122 e. The van der Waals surface area contributed by atoms with Crippen LogP contribution in [-0.2, 0) is 4.74 Å². The number of halogens is 1. The molecule has 1 N–H and O–H groups in total. The lowest BCUT2D eigenvalue weighted by Crippen LogP contribution is -2.50. The molecule has 1 aliphatic heterocycles. The second kappa shape index (κ2) is 5.64. The molecule has 3 unspecified atom stereocenters. The third-order valence-electron chi connectivity index (χ3n) is 3.64. The highest BCUT2D eigenvalue weighted by Crippen LogP contribution is 2.26. The van der Waals surface area contributed by atoms with E-state index in [-0.39, 0.29) is 6.04 Å². The molecule has 0 aromatic rings. The Morgan fingerprint density at radius 1 is 1.31 bits per heavy atom. The summed E-state index contributed by atoms with van der Waals surface area (Å²) in [7, 11) is 0. The highest BCUT2D eigenvalue weighted by atomic mass is 19.1. The van der Waals surface area contributed by atoms with Gasteiger partial charge in [0.25, 0.3) is 0 Å². The summed E-state index contributed by atoms with van der Waals surface area (Å²) in [6.45, 7) is 7.09. The van der Waals surface area contributed by atoms with Gasteiger partial charge < -0.3 is 10.1 Å². The van der Waals surface area contributed by atoms with Gasteiger partial charge in [-0.1, -0.05) is 6.58 Å². The van der Waals surface area contributed by atoms with Crippen molar-refractivity contribution in [2.45, 2.75) is 37.5 Å². The molecule has 16 heavy (non-hydrogen) atoms. The summed E-state index contributed by atoms with van der Waals surface area (Å²) in [6.07, 6.45) is 3.47. The minimum absolute atomic E-state index is 0.0326. The zero-order valence-electron chi connectivity index (χ0n) is 9.70. The van der Waals surface area contributed by atoms with Crippen LogP contribution in [0.15, 0.2) is 12.8 Å². The van der Waals surface area contributed by atoms with Gasteiger partial charge in [-0.3, -0.25) is 4.90 Å². The van der Waals surface area contributed by atoms with Gasteiger partial charge in [0.05, 0.1) is 19.3 Å². The maximum absolute atomic E-state index is 13.9. The molecule has 92 valence electrons. The Balaban J connectivity index is 1.83. The molecule has 0 aromatic heterocycles. The van der Waals surface area contributed by atoms with Crippen LogP contribution < -0.4 is 5.32 Å². The molecule has 4 heteroatoms. The number of ether oxygens (including phenoxy) is 1. The normalized spacial score (nSPS) is 36.9. The Morgan fingerprint density at radius 3 is 2.69 bits per heavy atom. The fraction of sp³-hybridized carbons (Fsp3) is 0.833. The van der Waals surface area contributed by atoms with Gasteiger partial charge in [-0.2, -0.15) is 0 Å². The van der Waals surface area contributed by atoms with Crippen molar-refractivity contribution in [1.82, 2.24) is 10.2 Å². The number of hydrogen-bond acceptors (Lipinski definition) is 3. The molecule has 0 bridgehead atoms. The van der Waals surface area contributed by atoms with E-state index in [1.54, 1.807) is 6.20 Å². The van der Waals surface area contributed by atoms with Crippen LogP contribution in [0, 0.1) is 0 Å². The molecule has 1 aliphatic carbocycles. The molecule has 2 rings (SSSR count). The van der Waals surface area contributed by atoms with Gasteiger partial charge in [0, 0.05) is 19.1 Å². The van der Waals surface area contributed by atoms with Gasteiger partial charge in [-0.25, -0.2) is 4.39 Å². The Kier molecular flexibility index (Phi) is 4.18. The topological polar surface area (TPSA) is 24.5 Å². The van der Waals surface area contributed by atoms with E-state index in [2.05, 4.69) is 16.8 Å². The van der Waals surface area contributed by atoms with E-state index in [0.717, 1.165) is 39.1 Å². The Hall–Kier alpha value is -0.610. The maximum Gasteiger partial charge on any atom is 0.122 e. The summed E-state index contributed by atoms with van der Waals surface area (Å²) in [5, 5.41) is 3.00. The third-order valence-corrected chi connectivity index (χ3v) is 3.64. The average molecular weight is 228 g/mol. The van der Waals surface area contributed by atoms with E-state index in [1.165, 1.54) is 0 Å². The molecule has 1 saturated carbocycles. The number of nitrogens with one attached hydrogen (secondary N) is 1. The highest BCUT2D eigenvalue weighted by Gasteiger charge is 2.33. The summed E-state index contributed by atoms with van der Waals surface area (Å²) in [6, 6.07) is 0.372. The van der Waals surface area contributed by atoms with E-state index in [0.29, 0.717) is 12.5 Å². The number of rotatable bonds is 3. The first-order chi connectivity index (χ1) is 7.81. The molecule has 0 aromatic carbocycles. The van der Waals surface area contributed by atoms with Crippen LogP contribution in [-0.4, -0.2) is 49.5 Å². The van der Waals surface area contributed by atoms with Crippen molar-refractivity contribution in [2.75, 3.05) is 26.3 Å². The largest absolute Gasteiger partial charge is 0.386 e. The maximum atomic E-state index is 13.9. The van der Waals surface area contributed by atoms with Gasteiger partial charge in [-0.15, -0.1) is 0 Å². The van der Waals surface area contributed by atoms with Crippen LogP contribution >= 0.6 is 0 Å². The number of nitrogens with zero attached hydrogens (tertiary/aromatic N) is 1. The Bertz CT molecular complexity index is 231. The van der Waals surface area contributed by atoms with Crippen molar-refractivity contribution in [3.8, 4) is 0 Å². The lowest BCUT2D eigenvalue weighted by molar-refractivity contribution is -0.00362. The number of hydrogen-bond donors (Lipinski definition) is 1. The van der Waals surface area contributed by atoms with Crippen LogP contribution in [0.25, 0.3) is 0 Å². The lowest BCUT2D eigenvalue weighted by atomic mass is 9.88. The van der Waals surface area contributed by atoms with Crippen molar-refractivity contribution in [3.63, 3.8) is 0 Å². The molecule has 0 spiro atoms. The van der Waals surface area contributed by atoms with Crippen molar-refractivity contribution in [1.29, 1.82) is 0 Å². The standard InChI is InChI=1S/C12H21FN2O/c1-2-14-12-4-3-10(9-11(12)13)15-5-7-16-8-6-15/h2,10-12,14H,1,3-9H2. The summed E-state index contributed by atoms with van der Waals surface area (Å²) >= 11 is 0. The van der Waals surface area contributed by atoms with Crippen LogP contribution in [0.4, 0.5) is 4.39 Å². The predicted molar refractivity (Wildman–Crippen MR) is 62.0 cm³/mol. The Morgan fingerprint density at radius 2 is 2.06 bits per heavy atom. The molecule has 1 heterocycles. The monoisotopic (exact) mass is 228 g/mol. The fourth-order valence-electron chi connectivity index (χ4n) is 2.71. The van der Waals surface area contributed by atoms with Crippen LogP contribution in [0.3, 0.4) is 0 Å². The van der Waals surface area contributed by atoms with Crippen molar-refractivity contribution in [2.24, 2.45) is 0 Å². The SMILES string of the molecule is C=CNC1CCC(N2CCOCC2)CC1F. The zero-order valence-corrected chi connectivity index (χ0v) is 9.70. The van der Waals surface area contributed by atoms with Crippen LogP contribution in [0.5, 0.6) is 0 Å². The molecule has 0 amide bonds. The van der Waals surface area contributed by atoms with E-state index in [1.807, 2.05) is 0 Å². The molecule has 3 nitrogen and oxygen atoms in total. The molecule has 3 atom stereocenters. The summed E-state index contributed by atoms with van der Waals surface area (Å²) < 4.78 is 19.2. The quantitative estimate of drug-likeness (QED) is 0.788. The first kappa shape index (κ1) is 11.9. The van der Waals surface area contributed by atoms with E-state index in [9.17, 15) is 4.39 Å². The molecular weight excluding hydrogens is 207 g/mol. The Labute approximate surface area is 96.6 Å². The van der Waals surface area contributed by atoms with Gasteiger partial charge in [0.1, 0.15) is 6.17 Å². The minimum atomic E-state index is -0.750. The van der Waals surface area contributed by atoms with E-state index < -0.39 is 6.17 Å². The fourth-order valence-corrected chi connectivity index (χ4v) is 2.71.